The molecule has 0 aromatic carbocycles. The number of piperidine rings is 1. The molecule has 1 aliphatic heterocycles. The Hall–Kier alpha value is -0.210. The van der Waals surface area contributed by atoms with Crippen LogP contribution in [0, 0.1) is 0 Å². The lowest BCUT2D eigenvalue weighted by Gasteiger charge is -2.34. The van der Waals surface area contributed by atoms with Crippen LogP contribution in [0.4, 0.5) is 0 Å². The molecule has 1 atom stereocenters. The maximum atomic E-state index is 12.1. The summed E-state index contributed by atoms with van der Waals surface area (Å²) in [6.07, 6.45) is 2.95. The molecule has 17 heavy (non-hydrogen) atoms. The van der Waals surface area contributed by atoms with Crippen molar-refractivity contribution in [3.8, 4) is 0 Å². The number of ether oxygens (including phenoxy) is 1. The summed E-state index contributed by atoms with van der Waals surface area (Å²) in [6, 6.07) is 0.0637. The minimum atomic E-state index is -3.36. The highest BCUT2D eigenvalue weighted by Gasteiger charge is 2.31. The third kappa shape index (κ3) is 4.51. The second-order valence-corrected chi connectivity index (χ2v) is 5.92. The van der Waals surface area contributed by atoms with Crippen molar-refractivity contribution >= 4 is 10.2 Å². The fourth-order valence-corrected chi connectivity index (χ4v) is 3.53. The van der Waals surface area contributed by atoms with E-state index in [1.807, 2.05) is 7.05 Å². The van der Waals surface area contributed by atoms with Gasteiger partial charge < -0.3 is 10.1 Å². The van der Waals surface area contributed by atoms with Crippen LogP contribution in [0.15, 0.2) is 0 Å². The van der Waals surface area contributed by atoms with Crippen LogP contribution < -0.4 is 10.0 Å². The zero-order valence-corrected chi connectivity index (χ0v) is 11.4. The van der Waals surface area contributed by atoms with Gasteiger partial charge in [-0.05, 0) is 19.9 Å². The summed E-state index contributed by atoms with van der Waals surface area (Å²) < 4.78 is 33.1. The number of hydrogen-bond donors (Lipinski definition) is 2. The van der Waals surface area contributed by atoms with E-state index in [9.17, 15) is 8.42 Å². The first kappa shape index (κ1) is 14.8. The number of methoxy groups -OCH3 is 1. The summed E-state index contributed by atoms with van der Waals surface area (Å²) in [7, 11) is 0.0359. The van der Waals surface area contributed by atoms with Gasteiger partial charge in [0.1, 0.15) is 0 Å². The lowest BCUT2D eigenvalue weighted by atomic mass is 10.1. The summed E-state index contributed by atoms with van der Waals surface area (Å²) in [5, 5.41) is 3.05. The van der Waals surface area contributed by atoms with Crippen molar-refractivity contribution in [3.63, 3.8) is 0 Å². The van der Waals surface area contributed by atoms with E-state index in [2.05, 4.69) is 10.0 Å². The van der Waals surface area contributed by atoms with E-state index in [1.165, 1.54) is 0 Å². The Balaban J connectivity index is 2.59. The molecule has 2 N–H and O–H groups in total. The lowest BCUT2D eigenvalue weighted by molar-refractivity contribution is 0.201. The van der Waals surface area contributed by atoms with Crippen LogP contribution in [0.5, 0.6) is 0 Å². The van der Waals surface area contributed by atoms with Crippen LogP contribution in [-0.4, -0.2) is 59.2 Å². The van der Waals surface area contributed by atoms with Crippen molar-refractivity contribution in [2.75, 3.05) is 40.4 Å². The first-order valence-electron chi connectivity index (χ1n) is 6.01. The van der Waals surface area contributed by atoms with Gasteiger partial charge in [-0.3, -0.25) is 0 Å². The van der Waals surface area contributed by atoms with E-state index in [0.717, 1.165) is 19.3 Å². The van der Waals surface area contributed by atoms with Crippen LogP contribution in [0.3, 0.4) is 0 Å². The van der Waals surface area contributed by atoms with Gasteiger partial charge in [0.2, 0.25) is 0 Å². The zero-order valence-electron chi connectivity index (χ0n) is 10.6. The number of nitrogens with zero attached hydrogens (tertiary/aromatic N) is 1. The first-order valence-corrected chi connectivity index (χ1v) is 7.46. The highest BCUT2D eigenvalue weighted by molar-refractivity contribution is 7.87. The van der Waals surface area contributed by atoms with Crippen molar-refractivity contribution in [1.29, 1.82) is 0 Å². The molecule has 1 fully saturated rings. The van der Waals surface area contributed by atoms with Crippen LogP contribution >= 0.6 is 0 Å². The van der Waals surface area contributed by atoms with Crippen molar-refractivity contribution in [1.82, 2.24) is 14.3 Å². The van der Waals surface area contributed by atoms with E-state index in [1.54, 1.807) is 11.4 Å². The van der Waals surface area contributed by atoms with E-state index in [-0.39, 0.29) is 6.04 Å². The quantitative estimate of drug-likeness (QED) is 0.611. The molecule has 1 rings (SSSR count). The molecule has 1 unspecified atom stereocenters. The largest absolute Gasteiger partial charge is 0.383 e. The highest BCUT2D eigenvalue weighted by Crippen LogP contribution is 2.19. The Morgan fingerprint density at radius 1 is 1.41 bits per heavy atom. The minimum absolute atomic E-state index is 0.0637. The van der Waals surface area contributed by atoms with Gasteiger partial charge in [0, 0.05) is 32.8 Å². The SMILES string of the molecule is CNCC1CCCCN1S(=O)(=O)NCCOC. The highest BCUT2D eigenvalue weighted by atomic mass is 32.2. The summed E-state index contributed by atoms with van der Waals surface area (Å²) in [6.45, 7) is 2.02. The van der Waals surface area contributed by atoms with Gasteiger partial charge in [0.15, 0.2) is 0 Å². The molecular formula is C10H23N3O3S. The standard InChI is InChI=1S/C10H23N3O3S/c1-11-9-10-5-3-4-7-13(10)17(14,15)12-6-8-16-2/h10-12H,3-9H2,1-2H3. The topological polar surface area (TPSA) is 70.7 Å². The van der Waals surface area contributed by atoms with Gasteiger partial charge in [-0.15, -0.1) is 0 Å². The molecule has 0 aromatic rings. The third-order valence-corrected chi connectivity index (χ3v) is 4.58. The maximum Gasteiger partial charge on any atom is 0.279 e. The molecule has 0 aromatic heterocycles. The molecule has 0 amide bonds. The van der Waals surface area contributed by atoms with Crippen LogP contribution in [0.2, 0.25) is 0 Å². The molecule has 1 heterocycles. The lowest BCUT2D eigenvalue weighted by Crippen LogP contribution is -2.52. The van der Waals surface area contributed by atoms with E-state index >= 15 is 0 Å². The zero-order chi connectivity index (χ0) is 12.7. The molecule has 0 radical (unpaired) electrons. The molecule has 0 bridgehead atoms. The van der Waals surface area contributed by atoms with Crippen molar-refractivity contribution < 1.29 is 13.2 Å². The average Bonchev–Trinajstić information content (AvgIpc) is 2.30. The Kier molecular flexibility index (Phi) is 6.35. The molecule has 0 spiro atoms. The first-order chi connectivity index (χ1) is 8.11. The predicted octanol–water partition coefficient (Wildman–Crippen LogP) is -0.459. The minimum Gasteiger partial charge on any atom is -0.383 e. The Morgan fingerprint density at radius 2 is 2.18 bits per heavy atom. The van der Waals surface area contributed by atoms with Gasteiger partial charge in [-0.25, -0.2) is 0 Å². The number of likely N-dealkylation sites (N-methyl/N-ethyl adjacent to an activating group) is 1. The van der Waals surface area contributed by atoms with Crippen LogP contribution in [0.1, 0.15) is 19.3 Å². The van der Waals surface area contributed by atoms with Gasteiger partial charge in [0.25, 0.3) is 10.2 Å². The van der Waals surface area contributed by atoms with Gasteiger partial charge in [-0.1, -0.05) is 6.42 Å². The summed E-state index contributed by atoms with van der Waals surface area (Å²) >= 11 is 0. The van der Waals surface area contributed by atoms with Crippen LogP contribution in [-0.2, 0) is 14.9 Å². The second-order valence-electron chi connectivity index (χ2n) is 4.21. The second kappa shape index (κ2) is 7.27. The van der Waals surface area contributed by atoms with E-state index in [0.29, 0.717) is 26.2 Å². The number of rotatable bonds is 7. The molecule has 102 valence electrons. The van der Waals surface area contributed by atoms with Crippen LogP contribution in [0.25, 0.3) is 0 Å². The predicted molar refractivity (Wildman–Crippen MR) is 67.1 cm³/mol. The molecule has 7 heteroatoms. The van der Waals surface area contributed by atoms with Gasteiger partial charge in [-0.2, -0.15) is 17.4 Å². The Morgan fingerprint density at radius 3 is 2.82 bits per heavy atom. The molecule has 1 aliphatic rings. The Bertz CT molecular complexity index is 306. The normalized spacial score (nSPS) is 22.8. The number of hydrogen-bond acceptors (Lipinski definition) is 4. The van der Waals surface area contributed by atoms with E-state index in [4.69, 9.17) is 4.74 Å². The van der Waals surface area contributed by atoms with Crippen molar-refractivity contribution in [2.45, 2.75) is 25.3 Å². The summed E-state index contributed by atoms with van der Waals surface area (Å²) in [4.78, 5) is 0. The van der Waals surface area contributed by atoms with Gasteiger partial charge in [0.05, 0.1) is 6.61 Å². The fourth-order valence-electron chi connectivity index (χ4n) is 2.09. The van der Waals surface area contributed by atoms with Gasteiger partial charge >= 0.3 is 0 Å². The Labute approximate surface area is 104 Å². The molecular weight excluding hydrogens is 242 g/mol. The average molecular weight is 265 g/mol. The maximum absolute atomic E-state index is 12.1. The molecule has 0 aliphatic carbocycles. The summed E-state index contributed by atoms with van der Waals surface area (Å²) in [5.74, 6) is 0. The smallest absolute Gasteiger partial charge is 0.279 e. The van der Waals surface area contributed by atoms with E-state index < -0.39 is 10.2 Å². The molecule has 6 nitrogen and oxygen atoms in total. The molecule has 1 saturated heterocycles. The fraction of sp³-hybridized carbons (Fsp3) is 1.00. The van der Waals surface area contributed by atoms with Crippen molar-refractivity contribution in [2.24, 2.45) is 0 Å². The third-order valence-electron chi connectivity index (χ3n) is 2.91. The van der Waals surface area contributed by atoms with Crippen molar-refractivity contribution in [3.05, 3.63) is 0 Å². The molecule has 0 saturated carbocycles. The summed E-state index contributed by atoms with van der Waals surface area (Å²) in [5.41, 5.74) is 0. The number of nitrogens with one attached hydrogen (secondary N) is 2. The monoisotopic (exact) mass is 265 g/mol.